The van der Waals surface area contributed by atoms with Crippen LogP contribution in [0.25, 0.3) is 33.8 Å². The van der Waals surface area contributed by atoms with Crippen LogP contribution in [0.5, 0.6) is 0 Å². The summed E-state index contributed by atoms with van der Waals surface area (Å²) >= 11 is 0. The molecule has 0 saturated carbocycles. The van der Waals surface area contributed by atoms with Crippen LogP contribution in [0.3, 0.4) is 0 Å². The van der Waals surface area contributed by atoms with Gasteiger partial charge in [0.2, 0.25) is 5.91 Å². The van der Waals surface area contributed by atoms with Crippen LogP contribution < -0.4 is 5.32 Å². The molecule has 0 aliphatic heterocycles. The zero-order chi connectivity index (χ0) is 20.5. The molecule has 4 heterocycles. The molecule has 30 heavy (non-hydrogen) atoms. The molecule has 7 nitrogen and oxygen atoms in total. The van der Waals surface area contributed by atoms with Gasteiger partial charge in [-0.15, -0.1) is 0 Å². The number of hydrogen-bond acceptors (Lipinski definition) is 4. The van der Waals surface area contributed by atoms with Crippen LogP contribution in [-0.4, -0.2) is 30.1 Å². The smallest absolute Gasteiger partial charge is 0.221 e. The Morgan fingerprint density at radius 3 is 2.53 bits per heavy atom. The molecule has 0 aliphatic rings. The number of imidazole rings is 1. The number of nitrogens with one attached hydrogen (secondary N) is 1. The molecule has 0 atom stereocenters. The second-order valence-electron chi connectivity index (χ2n) is 6.90. The number of aromatic nitrogens is 5. The van der Waals surface area contributed by atoms with E-state index >= 15 is 0 Å². The third-order valence-corrected chi connectivity index (χ3v) is 4.82. The Hall–Kier alpha value is -4.26. The molecule has 146 valence electrons. The maximum atomic E-state index is 11.2. The van der Waals surface area contributed by atoms with Gasteiger partial charge in [0.05, 0.1) is 11.9 Å². The summed E-state index contributed by atoms with van der Waals surface area (Å²) in [4.78, 5) is 20.2. The summed E-state index contributed by atoms with van der Waals surface area (Å²) in [6.07, 6.45) is 9.30. The lowest BCUT2D eigenvalue weighted by Crippen LogP contribution is -2.05. The number of rotatable bonds is 4. The molecule has 4 aromatic heterocycles. The quantitative estimate of drug-likeness (QED) is 0.495. The number of carbonyl (C=O) groups is 1. The molecule has 7 heteroatoms. The highest BCUT2D eigenvalue weighted by molar-refractivity contribution is 5.89. The van der Waals surface area contributed by atoms with E-state index in [0.29, 0.717) is 0 Å². The molecule has 5 rings (SSSR count). The fraction of sp³-hybridized carbons (Fsp3) is 0.0435. The van der Waals surface area contributed by atoms with Crippen molar-refractivity contribution in [3.63, 3.8) is 0 Å². The van der Waals surface area contributed by atoms with Crippen molar-refractivity contribution in [2.45, 2.75) is 6.92 Å². The van der Waals surface area contributed by atoms with Crippen LogP contribution in [-0.2, 0) is 4.79 Å². The summed E-state index contributed by atoms with van der Waals surface area (Å²) in [7, 11) is 0. The molecular formula is C23H18N6O. The SMILES string of the molecule is CC(=O)Nc1ccc(-c2ccc3ncc(-c4ccnc(-n5cccn5)c4)n3c2)cc1. The van der Waals surface area contributed by atoms with E-state index in [1.807, 2.05) is 67.0 Å². The third-order valence-electron chi connectivity index (χ3n) is 4.82. The van der Waals surface area contributed by atoms with Gasteiger partial charge in [-0.2, -0.15) is 5.10 Å². The van der Waals surface area contributed by atoms with Gasteiger partial charge >= 0.3 is 0 Å². The molecular weight excluding hydrogens is 376 g/mol. The lowest BCUT2D eigenvalue weighted by molar-refractivity contribution is -0.114. The molecule has 1 aromatic carbocycles. The number of pyridine rings is 2. The van der Waals surface area contributed by atoms with Crippen LogP contribution in [0, 0.1) is 0 Å². The third kappa shape index (κ3) is 3.33. The van der Waals surface area contributed by atoms with E-state index in [4.69, 9.17) is 0 Å². The van der Waals surface area contributed by atoms with Gasteiger partial charge in [0.1, 0.15) is 5.65 Å². The summed E-state index contributed by atoms with van der Waals surface area (Å²) in [5.41, 5.74) is 5.72. The highest BCUT2D eigenvalue weighted by Crippen LogP contribution is 2.26. The van der Waals surface area contributed by atoms with Crippen molar-refractivity contribution in [2.24, 2.45) is 0 Å². The first-order valence-electron chi connectivity index (χ1n) is 9.49. The Bertz CT molecular complexity index is 1340. The number of hydrogen-bond donors (Lipinski definition) is 1. The highest BCUT2D eigenvalue weighted by Gasteiger charge is 2.10. The zero-order valence-electron chi connectivity index (χ0n) is 16.2. The van der Waals surface area contributed by atoms with Gasteiger partial charge < -0.3 is 5.32 Å². The summed E-state index contributed by atoms with van der Waals surface area (Å²) in [6.45, 7) is 1.50. The highest BCUT2D eigenvalue weighted by atomic mass is 16.1. The van der Waals surface area contributed by atoms with E-state index in [-0.39, 0.29) is 5.91 Å². The second-order valence-corrected chi connectivity index (χ2v) is 6.90. The van der Waals surface area contributed by atoms with Gasteiger partial charge in [0, 0.05) is 43.0 Å². The minimum atomic E-state index is -0.0842. The molecule has 1 N–H and O–H groups in total. The Balaban J connectivity index is 1.54. The van der Waals surface area contributed by atoms with Gasteiger partial charge in [0.25, 0.3) is 0 Å². The molecule has 0 spiro atoms. The molecule has 0 aliphatic carbocycles. The standard InChI is InChI=1S/C23H18N6O/c1-16(30)27-20-6-3-17(4-7-20)19-5-8-22-25-14-21(28(22)15-19)18-9-11-24-23(13-18)29-12-2-10-26-29/h2-15H,1H3,(H,27,30). The van der Waals surface area contributed by atoms with E-state index in [1.54, 1.807) is 17.1 Å². The van der Waals surface area contributed by atoms with Gasteiger partial charge in [-0.05, 0) is 53.6 Å². The van der Waals surface area contributed by atoms with Gasteiger partial charge in [0.15, 0.2) is 5.82 Å². The Kier molecular flexibility index (Phi) is 4.33. The predicted octanol–water partition coefficient (Wildman–Crippen LogP) is 4.21. The number of benzene rings is 1. The largest absolute Gasteiger partial charge is 0.326 e. The average Bonchev–Trinajstić information content (AvgIpc) is 3.44. The number of nitrogens with zero attached hydrogens (tertiary/aromatic N) is 5. The number of fused-ring (bicyclic) bond motifs is 1. The van der Waals surface area contributed by atoms with Crippen molar-refractivity contribution < 1.29 is 4.79 Å². The maximum absolute atomic E-state index is 11.2. The van der Waals surface area contributed by atoms with Crippen molar-refractivity contribution >= 4 is 17.2 Å². The van der Waals surface area contributed by atoms with E-state index in [1.165, 1.54) is 6.92 Å². The molecule has 1 amide bonds. The van der Waals surface area contributed by atoms with Gasteiger partial charge in [-0.1, -0.05) is 12.1 Å². The zero-order valence-corrected chi connectivity index (χ0v) is 16.2. The van der Waals surface area contributed by atoms with Crippen LogP contribution in [0.2, 0.25) is 0 Å². The van der Waals surface area contributed by atoms with E-state index in [0.717, 1.165) is 39.5 Å². The Morgan fingerprint density at radius 2 is 1.77 bits per heavy atom. The van der Waals surface area contributed by atoms with Crippen molar-refractivity contribution in [1.29, 1.82) is 0 Å². The predicted molar refractivity (Wildman–Crippen MR) is 115 cm³/mol. The fourth-order valence-corrected chi connectivity index (χ4v) is 3.42. The summed E-state index contributed by atoms with van der Waals surface area (Å²) < 4.78 is 3.80. The van der Waals surface area contributed by atoms with Crippen molar-refractivity contribution in [2.75, 3.05) is 5.32 Å². The Morgan fingerprint density at radius 1 is 0.933 bits per heavy atom. The monoisotopic (exact) mass is 394 g/mol. The molecule has 0 saturated heterocycles. The summed E-state index contributed by atoms with van der Waals surface area (Å²) in [6, 6.07) is 17.6. The van der Waals surface area contributed by atoms with Gasteiger partial charge in [-0.3, -0.25) is 9.20 Å². The lowest BCUT2D eigenvalue weighted by atomic mass is 10.1. The fourth-order valence-electron chi connectivity index (χ4n) is 3.42. The minimum absolute atomic E-state index is 0.0842. The number of anilines is 1. The first-order chi connectivity index (χ1) is 14.7. The van der Waals surface area contributed by atoms with Crippen molar-refractivity contribution in [1.82, 2.24) is 24.1 Å². The Labute approximate surface area is 172 Å². The normalized spacial score (nSPS) is 11.0. The topological polar surface area (TPSA) is 77.1 Å². The van der Waals surface area contributed by atoms with Crippen LogP contribution in [0.4, 0.5) is 5.69 Å². The molecule has 0 radical (unpaired) electrons. The first-order valence-corrected chi connectivity index (χ1v) is 9.49. The van der Waals surface area contributed by atoms with E-state index < -0.39 is 0 Å². The number of amides is 1. The van der Waals surface area contributed by atoms with Crippen LogP contribution in [0.15, 0.2) is 85.6 Å². The van der Waals surface area contributed by atoms with Crippen molar-refractivity contribution in [3.8, 4) is 28.2 Å². The molecule has 0 fully saturated rings. The number of carbonyl (C=O) groups excluding carboxylic acids is 1. The van der Waals surface area contributed by atoms with Crippen LogP contribution >= 0.6 is 0 Å². The summed E-state index contributed by atoms with van der Waals surface area (Å²) in [5, 5.41) is 7.04. The minimum Gasteiger partial charge on any atom is -0.326 e. The first kappa shape index (κ1) is 17.8. The average molecular weight is 394 g/mol. The molecule has 0 bridgehead atoms. The molecule has 0 unspecified atom stereocenters. The lowest BCUT2D eigenvalue weighted by Gasteiger charge is -2.08. The van der Waals surface area contributed by atoms with E-state index in [9.17, 15) is 4.79 Å². The van der Waals surface area contributed by atoms with Crippen LogP contribution in [0.1, 0.15) is 6.92 Å². The summed E-state index contributed by atoms with van der Waals surface area (Å²) in [5.74, 6) is 0.663. The molecule has 5 aromatic rings. The van der Waals surface area contributed by atoms with E-state index in [2.05, 4.69) is 31.0 Å². The second kappa shape index (κ2) is 7.29. The van der Waals surface area contributed by atoms with Gasteiger partial charge in [-0.25, -0.2) is 14.6 Å². The van der Waals surface area contributed by atoms with Crippen molar-refractivity contribution in [3.05, 3.63) is 85.6 Å². The maximum Gasteiger partial charge on any atom is 0.221 e.